The van der Waals surface area contributed by atoms with E-state index in [0.29, 0.717) is 21.1 Å². The summed E-state index contributed by atoms with van der Waals surface area (Å²) in [5.41, 5.74) is 1.05. The SMILES string of the molecule is COc1ccc(C#C[Se]CC2CO2)cc1. The molecular formula is C12H12O2Se. The third-order valence-corrected chi connectivity index (χ3v) is 3.68. The van der Waals surface area contributed by atoms with E-state index in [2.05, 4.69) is 10.7 Å². The summed E-state index contributed by atoms with van der Waals surface area (Å²) < 4.78 is 10.2. The molecule has 78 valence electrons. The molecule has 0 N–H and O–H groups in total. The van der Waals surface area contributed by atoms with Crippen molar-refractivity contribution in [3.8, 4) is 16.5 Å². The van der Waals surface area contributed by atoms with Crippen LogP contribution in [0.4, 0.5) is 0 Å². The molecule has 1 unspecified atom stereocenters. The number of epoxide rings is 1. The second kappa shape index (κ2) is 5.23. The van der Waals surface area contributed by atoms with Crippen LogP contribution in [0.5, 0.6) is 5.75 Å². The molecule has 1 aromatic carbocycles. The van der Waals surface area contributed by atoms with E-state index in [4.69, 9.17) is 9.47 Å². The number of rotatable bonds is 3. The van der Waals surface area contributed by atoms with Crippen LogP contribution in [0.2, 0.25) is 5.32 Å². The first kappa shape index (κ1) is 10.6. The summed E-state index contributed by atoms with van der Waals surface area (Å²) in [5, 5.41) is 1.12. The molecule has 1 aromatic rings. The molecule has 1 fully saturated rings. The third kappa shape index (κ3) is 3.60. The van der Waals surface area contributed by atoms with Crippen molar-refractivity contribution in [2.45, 2.75) is 11.4 Å². The van der Waals surface area contributed by atoms with Gasteiger partial charge in [0.2, 0.25) is 0 Å². The van der Waals surface area contributed by atoms with E-state index in [0.717, 1.165) is 23.2 Å². The number of methoxy groups -OCH3 is 1. The molecule has 0 aromatic heterocycles. The van der Waals surface area contributed by atoms with E-state index < -0.39 is 0 Å². The molecule has 3 heteroatoms. The fourth-order valence-corrected chi connectivity index (χ4v) is 2.44. The summed E-state index contributed by atoms with van der Waals surface area (Å²) in [6.07, 6.45) is 0.509. The molecule has 15 heavy (non-hydrogen) atoms. The van der Waals surface area contributed by atoms with Gasteiger partial charge in [0.1, 0.15) is 0 Å². The van der Waals surface area contributed by atoms with E-state index in [9.17, 15) is 0 Å². The zero-order valence-corrected chi connectivity index (χ0v) is 10.2. The monoisotopic (exact) mass is 268 g/mol. The van der Waals surface area contributed by atoms with Crippen LogP contribution in [-0.2, 0) is 4.74 Å². The van der Waals surface area contributed by atoms with E-state index in [1.165, 1.54) is 0 Å². The van der Waals surface area contributed by atoms with Gasteiger partial charge in [-0.2, -0.15) is 0 Å². The topological polar surface area (TPSA) is 21.8 Å². The second-order valence-corrected chi connectivity index (χ2v) is 4.96. The van der Waals surface area contributed by atoms with Gasteiger partial charge < -0.3 is 0 Å². The van der Waals surface area contributed by atoms with Crippen molar-refractivity contribution in [2.24, 2.45) is 0 Å². The summed E-state index contributed by atoms with van der Waals surface area (Å²) >= 11 is 0.390. The van der Waals surface area contributed by atoms with Gasteiger partial charge in [-0.1, -0.05) is 0 Å². The molecule has 0 amide bonds. The van der Waals surface area contributed by atoms with Gasteiger partial charge in [-0.05, 0) is 0 Å². The summed E-state index contributed by atoms with van der Waals surface area (Å²) in [5.74, 6) is 4.02. The Morgan fingerprint density at radius 1 is 1.47 bits per heavy atom. The molecule has 0 saturated carbocycles. The minimum atomic E-state index is 0.390. The van der Waals surface area contributed by atoms with Crippen LogP contribution in [-0.4, -0.2) is 34.8 Å². The molecule has 2 nitrogen and oxygen atoms in total. The summed E-state index contributed by atoms with van der Waals surface area (Å²) in [6, 6.07) is 7.83. The first-order valence-electron chi connectivity index (χ1n) is 4.77. The molecule has 0 bridgehead atoms. The van der Waals surface area contributed by atoms with Crippen molar-refractivity contribution < 1.29 is 9.47 Å². The van der Waals surface area contributed by atoms with Crippen LogP contribution in [0, 0.1) is 10.7 Å². The summed E-state index contributed by atoms with van der Waals surface area (Å²) in [7, 11) is 1.67. The molecule has 0 aliphatic carbocycles. The van der Waals surface area contributed by atoms with E-state index in [1.807, 2.05) is 24.3 Å². The average molecular weight is 267 g/mol. The van der Waals surface area contributed by atoms with Gasteiger partial charge in [0.15, 0.2) is 0 Å². The van der Waals surface area contributed by atoms with Gasteiger partial charge in [-0.3, -0.25) is 0 Å². The first-order valence-corrected chi connectivity index (χ1v) is 6.84. The van der Waals surface area contributed by atoms with Crippen LogP contribution >= 0.6 is 0 Å². The van der Waals surface area contributed by atoms with Crippen molar-refractivity contribution in [3.05, 3.63) is 29.8 Å². The maximum absolute atomic E-state index is 5.12. The molecule has 1 aliphatic heterocycles. The quantitative estimate of drug-likeness (QED) is 0.470. The molecule has 0 spiro atoms. The molecule has 1 aliphatic rings. The fraction of sp³-hybridized carbons (Fsp3) is 0.333. The van der Waals surface area contributed by atoms with Gasteiger partial charge in [0, 0.05) is 0 Å². The zero-order valence-electron chi connectivity index (χ0n) is 8.53. The van der Waals surface area contributed by atoms with Gasteiger partial charge in [-0.15, -0.1) is 0 Å². The number of ether oxygens (including phenoxy) is 2. The van der Waals surface area contributed by atoms with Gasteiger partial charge in [-0.25, -0.2) is 0 Å². The standard InChI is InChI=1S/C12H12O2Se/c1-13-11-4-2-10(3-5-11)6-7-15-9-12-8-14-12/h2-5,12H,8-9H2,1H3. The predicted octanol–water partition coefficient (Wildman–Crippen LogP) is 1.53. The Labute approximate surface area is 96.1 Å². The maximum atomic E-state index is 5.12. The Morgan fingerprint density at radius 3 is 2.80 bits per heavy atom. The van der Waals surface area contributed by atoms with Gasteiger partial charge in [0.05, 0.1) is 0 Å². The van der Waals surface area contributed by atoms with E-state index >= 15 is 0 Å². The Hall–Kier alpha value is -0.941. The normalized spacial score (nSPS) is 17.8. The van der Waals surface area contributed by atoms with Crippen molar-refractivity contribution >= 4 is 15.0 Å². The Morgan fingerprint density at radius 2 is 2.20 bits per heavy atom. The molecular weight excluding hydrogens is 255 g/mol. The Kier molecular flexibility index (Phi) is 3.69. The van der Waals surface area contributed by atoms with Crippen LogP contribution in [0.25, 0.3) is 0 Å². The summed E-state index contributed by atoms with van der Waals surface area (Å²) in [4.78, 5) is 3.20. The Balaban J connectivity index is 1.85. The summed E-state index contributed by atoms with van der Waals surface area (Å²) in [6.45, 7) is 0.936. The van der Waals surface area contributed by atoms with Gasteiger partial charge in [0.25, 0.3) is 0 Å². The molecule has 1 atom stereocenters. The third-order valence-electron chi connectivity index (χ3n) is 2.03. The fourth-order valence-electron chi connectivity index (χ4n) is 1.07. The molecule has 2 rings (SSSR count). The zero-order chi connectivity index (χ0) is 10.5. The van der Waals surface area contributed by atoms with E-state index in [1.54, 1.807) is 7.11 Å². The number of hydrogen-bond acceptors (Lipinski definition) is 2. The van der Waals surface area contributed by atoms with Crippen molar-refractivity contribution in [3.63, 3.8) is 0 Å². The number of benzene rings is 1. The van der Waals surface area contributed by atoms with Gasteiger partial charge >= 0.3 is 95.9 Å². The first-order chi connectivity index (χ1) is 7.38. The molecule has 1 heterocycles. The predicted molar refractivity (Wildman–Crippen MR) is 60.2 cm³/mol. The van der Waals surface area contributed by atoms with Crippen molar-refractivity contribution in [2.75, 3.05) is 13.7 Å². The van der Waals surface area contributed by atoms with E-state index in [-0.39, 0.29) is 0 Å². The average Bonchev–Trinajstić information content (AvgIpc) is 3.09. The minimum absolute atomic E-state index is 0.390. The van der Waals surface area contributed by atoms with Crippen LogP contribution in [0.1, 0.15) is 5.56 Å². The van der Waals surface area contributed by atoms with Crippen molar-refractivity contribution in [1.82, 2.24) is 0 Å². The second-order valence-electron chi connectivity index (χ2n) is 3.22. The molecule has 0 radical (unpaired) electrons. The number of hydrogen-bond donors (Lipinski definition) is 0. The Bertz CT molecular complexity index is 371. The molecule has 1 saturated heterocycles. The van der Waals surface area contributed by atoms with Crippen LogP contribution in [0.15, 0.2) is 24.3 Å². The van der Waals surface area contributed by atoms with Crippen molar-refractivity contribution in [1.29, 1.82) is 0 Å². The van der Waals surface area contributed by atoms with Crippen LogP contribution in [0.3, 0.4) is 0 Å². The van der Waals surface area contributed by atoms with Crippen LogP contribution < -0.4 is 4.74 Å².